The quantitative estimate of drug-likeness (QED) is 0.669. The highest BCUT2D eigenvalue weighted by molar-refractivity contribution is 5.37. The predicted molar refractivity (Wildman–Crippen MR) is 73.7 cm³/mol. The van der Waals surface area contributed by atoms with Gasteiger partial charge in [-0.05, 0) is 43.6 Å². The third-order valence-electron chi connectivity index (χ3n) is 4.92. The van der Waals surface area contributed by atoms with Gasteiger partial charge in [-0.25, -0.2) is 4.39 Å². The van der Waals surface area contributed by atoms with Crippen LogP contribution in [-0.2, 0) is 6.54 Å². The van der Waals surface area contributed by atoms with Crippen molar-refractivity contribution in [2.75, 3.05) is 6.54 Å². The van der Waals surface area contributed by atoms with E-state index in [1.54, 1.807) is 0 Å². The summed E-state index contributed by atoms with van der Waals surface area (Å²) in [7, 11) is 0. The van der Waals surface area contributed by atoms with Crippen molar-refractivity contribution in [3.8, 4) is 0 Å². The molecule has 0 heterocycles. The first-order chi connectivity index (χ1) is 10.0. The van der Waals surface area contributed by atoms with E-state index in [2.05, 4.69) is 5.32 Å². The molecule has 0 radical (unpaired) electrons. The molecule has 0 aliphatic heterocycles. The average Bonchev–Trinajstić information content (AvgIpc) is 3.03. The molecule has 4 nitrogen and oxygen atoms in total. The molecule has 0 saturated heterocycles. The summed E-state index contributed by atoms with van der Waals surface area (Å²) in [6.07, 6.45) is 5.15. The van der Waals surface area contributed by atoms with E-state index in [0.717, 1.165) is 24.4 Å². The Morgan fingerprint density at radius 1 is 1.24 bits per heavy atom. The fourth-order valence-electron chi connectivity index (χ4n) is 3.87. The minimum Gasteiger partial charge on any atom is -0.312 e. The Hall–Kier alpha value is -1.56. The van der Waals surface area contributed by atoms with Gasteiger partial charge >= 0.3 is 5.69 Å². The van der Waals surface area contributed by atoms with Gasteiger partial charge in [0, 0.05) is 24.2 Å². The number of nitrogens with one attached hydrogen (secondary N) is 1. The van der Waals surface area contributed by atoms with Crippen LogP contribution in [0.4, 0.5) is 14.5 Å². The molecule has 0 amide bonds. The van der Waals surface area contributed by atoms with Gasteiger partial charge in [-0.3, -0.25) is 10.1 Å². The van der Waals surface area contributed by atoms with E-state index in [1.807, 2.05) is 0 Å². The van der Waals surface area contributed by atoms with E-state index in [1.165, 1.54) is 25.7 Å². The van der Waals surface area contributed by atoms with E-state index in [-0.39, 0.29) is 12.1 Å². The first kappa shape index (κ1) is 14.4. The molecule has 1 N–H and O–H groups in total. The summed E-state index contributed by atoms with van der Waals surface area (Å²) < 4.78 is 26.9. The van der Waals surface area contributed by atoms with Crippen molar-refractivity contribution < 1.29 is 13.7 Å². The highest BCUT2D eigenvalue weighted by Gasteiger charge is 2.38. The standard InChI is InChI=1S/C15H18F2N2O2/c16-13-6-14(17)15(19(20)21)5-12(13)8-18-7-11-4-9-1-2-10(11)3-9/h5-6,9-11,18H,1-4,7-8H2. The van der Waals surface area contributed by atoms with Crippen molar-refractivity contribution in [2.45, 2.75) is 32.2 Å². The molecular formula is C15H18F2N2O2. The second-order valence-electron chi connectivity index (χ2n) is 6.22. The lowest BCUT2D eigenvalue weighted by Gasteiger charge is -2.21. The Bertz CT molecular complexity index is 565. The zero-order valence-electron chi connectivity index (χ0n) is 11.6. The number of fused-ring (bicyclic) bond motifs is 2. The number of halogens is 2. The van der Waals surface area contributed by atoms with Gasteiger partial charge in [0.15, 0.2) is 0 Å². The fourth-order valence-corrected chi connectivity index (χ4v) is 3.87. The van der Waals surface area contributed by atoms with Crippen molar-refractivity contribution in [1.29, 1.82) is 0 Å². The molecule has 3 atom stereocenters. The number of hydrogen-bond donors (Lipinski definition) is 1. The van der Waals surface area contributed by atoms with Gasteiger partial charge in [0.2, 0.25) is 5.82 Å². The Labute approximate surface area is 121 Å². The normalized spacial score (nSPS) is 27.2. The lowest BCUT2D eigenvalue weighted by molar-refractivity contribution is -0.387. The van der Waals surface area contributed by atoms with Crippen molar-refractivity contribution in [1.82, 2.24) is 5.32 Å². The second-order valence-corrected chi connectivity index (χ2v) is 6.22. The second kappa shape index (κ2) is 5.67. The predicted octanol–water partition coefficient (Wildman–Crippen LogP) is 3.40. The molecular weight excluding hydrogens is 278 g/mol. The fraction of sp³-hybridized carbons (Fsp3) is 0.600. The van der Waals surface area contributed by atoms with E-state index in [4.69, 9.17) is 0 Å². The maximum Gasteiger partial charge on any atom is 0.305 e. The SMILES string of the molecule is O=[N+]([O-])c1cc(CNCC2CC3CCC2C3)c(F)cc1F. The van der Waals surface area contributed by atoms with Crippen LogP contribution in [-0.4, -0.2) is 11.5 Å². The van der Waals surface area contributed by atoms with Crippen LogP contribution in [0.5, 0.6) is 0 Å². The maximum absolute atomic E-state index is 13.6. The minimum atomic E-state index is -1.13. The van der Waals surface area contributed by atoms with Gasteiger partial charge in [0.1, 0.15) is 5.82 Å². The van der Waals surface area contributed by atoms with Crippen molar-refractivity contribution in [3.05, 3.63) is 39.4 Å². The first-order valence-corrected chi connectivity index (χ1v) is 7.37. The summed E-state index contributed by atoms with van der Waals surface area (Å²) in [5, 5.41) is 13.8. The average molecular weight is 296 g/mol. The highest BCUT2D eigenvalue weighted by Crippen LogP contribution is 2.47. The van der Waals surface area contributed by atoms with Gasteiger partial charge < -0.3 is 5.32 Å². The van der Waals surface area contributed by atoms with E-state index in [0.29, 0.717) is 12.0 Å². The van der Waals surface area contributed by atoms with Gasteiger partial charge in [-0.1, -0.05) is 6.42 Å². The summed E-state index contributed by atoms with van der Waals surface area (Å²) in [6.45, 7) is 0.993. The Balaban J connectivity index is 1.60. The summed E-state index contributed by atoms with van der Waals surface area (Å²) in [5.41, 5.74) is -0.528. The molecule has 114 valence electrons. The maximum atomic E-state index is 13.6. The molecule has 2 aliphatic rings. The molecule has 3 rings (SSSR count). The zero-order chi connectivity index (χ0) is 15.0. The molecule has 1 aromatic carbocycles. The molecule has 6 heteroatoms. The largest absolute Gasteiger partial charge is 0.312 e. The summed E-state index contributed by atoms with van der Waals surface area (Å²) in [6, 6.07) is 1.57. The van der Waals surface area contributed by atoms with Crippen molar-refractivity contribution >= 4 is 5.69 Å². The molecule has 0 aromatic heterocycles. The first-order valence-electron chi connectivity index (χ1n) is 7.37. The van der Waals surface area contributed by atoms with Crippen LogP contribution in [0.2, 0.25) is 0 Å². The lowest BCUT2D eigenvalue weighted by Crippen LogP contribution is -2.26. The van der Waals surface area contributed by atoms with Crippen LogP contribution in [0, 0.1) is 39.5 Å². The minimum absolute atomic E-state index is 0.145. The molecule has 2 saturated carbocycles. The van der Waals surface area contributed by atoms with Gasteiger partial charge in [0.05, 0.1) is 4.92 Å². The van der Waals surface area contributed by atoms with Crippen molar-refractivity contribution in [2.24, 2.45) is 17.8 Å². The smallest absolute Gasteiger partial charge is 0.305 e. The number of nitro benzene ring substituents is 1. The summed E-state index contributed by atoms with van der Waals surface area (Å²) >= 11 is 0. The van der Waals surface area contributed by atoms with Gasteiger partial charge in [-0.2, -0.15) is 4.39 Å². The summed E-state index contributed by atoms with van der Waals surface area (Å²) in [5.74, 6) is 0.385. The third kappa shape index (κ3) is 2.90. The Morgan fingerprint density at radius 3 is 2.67 bits per heavy atom. The van der Waals surface area contributed by atoms with E-state index < -0.39 is 22.2 Å². The number of nitrogens with zero attached hydrogens (tertiary/aromatic N) is 1. The Morgan fingerprint density at radius 2 is 2.05 bits per heavy atom. The molecule has 2 fully saturated rings. The van der Waals surface area contributed by atoms with Crippen LogP contribution in [0.3, 0.4) is 0 Å². The molecule has 21 heavy (non-hydrogen) atoms. The van der Waals surface area contributed by atoms with Gasteiger partial charge in [0.25, 0.3) is 0 Å². The van der Waals surface area contributed by atoms with E-state index in [9.17, 15) is 18.9 Å². The van der Waals surface area contributed by atoms with Crippen LogP contribution >= 0.6 is 0 Å². The number of nitro groups is 1. The van der Waals surface area contributed by atoms with Crippen LogP contribution < -0.4 is 5.32 Å². The Kier molecular flexibility index (Phi) is 3.89. The lowest BCUT2D eigenvalue weighted by atomic mass is 9.89. The topological polar surface area (TPSA) is 55.2 Å². The van der Waals surface area contributed by atoms with Gasteiger partial charge in [-0.15, -0.1) is 0 Å². The van der Waals surface area contributed by atoms with Crippen LogP contribution in [0.15, 0.2) is 12.1 Å². The van der Waals surface area contributed by atoms with Crippen LogP contribution in [0.1, 0.15) is 31.2 Å². The van der Waals surface area contributed by atoms with Crippen LogP contribution in [0.25, 0.3) is 0 Å². The molecule has 2 bridgehead atoms. The molecule has 3 unspecified atom stereocenters. The number of rotatable bonds is 5. The monoisotopic (exact) mass is 296 g/mol. The number of hydrogen-bond acceptors (Lipinski definition) is 3. The number of benzene rings is 1. The molecule has 2 aliphatic carbocycles. The zero-order valence-corrected chi connectivity index (χ0v) is 11.6. The summed E-state index contributed by atoms with van der Waals surface area (Å²) in [4.78, 5) is 9.85. The molecule has 0 spiro atoms. The van der Waals surface area contributed by atoms with E-state index >= 15 is 0 Å². The van der Waals surface area contributed by atoms with Crippen molar-refractivity contribution in [3.63, 3.8) is 0 Å². The third-order valence-corrected chi connectivity index (χ3v) is 4.92. The highest BCUT2D eigenvalue weighted by atomic mass is 19.1. The molecule has 1 aromatic rings.